The highest BCUT2D eigenvalue weighted by Gasteiger charge is 2.05. The molecule has 0 aromatic heterocycles. The van der Waals surface area contributed by atoms with Crippen LogP contribution in [0.2, 0.25) is 0 Å². The van der Waals surface area contributed by atoms with Gasteiger partial charge in [0.25, 0.3) is 0 Å². The highest BCUT2D eigenvalue weighted by atomic mass is 31.0. The third-order valence-corrected chi connectivity index (χ3v) is 3.80. The van der Waals surface area contributed by atoms with Gasteiger partial charge in [-0.15, -0.1) is 0 Å². The van der Waals surface area contributed by atoms with Gasteiger partial charge in [0.15, 0.2) is 0 Å². The predicted molar refractivity (Wildman–Crippen MR) is 92.3 cm³/mol. The topological polar surface area (TPSA) is 0 Å². The Morgan fingerprint density at radius 2 is 1.63 bits per heavy atom. The molecule has 0 saturated heterocycles. The van der Waals surface area contributed by atoms with Crippen LogP contribution in [-0.4, -0.2) is 0 Å². The van der Waals surface area contributed by atoms with Gasteiger partial charge in [-0.3, -0.25) is 0 Å². The Morgan fingerprint density at radius 3 is 2.37 bits per heavy atom. The van der Waals surface area contributed by atoms with Gasteiger partial charge in [-0.1, -0.05) is 69.5 Å². The number of rotatable bonds is 6. The molecule has 0 aliphatic heterocycles. The van der Waals surface area contributed by atoms with E-state index in [-0.39, 0.29) is 9.90 Å². The van der Waals surface area contributed by atoms with E-state index in [2.05, 4.69) is 50.2 Å². The molecule has 0 amide bonds. The molecule has 0 saturated carbocycles. The van der Waals surface area contributed by atoms with Crippen molar-refractivity contribution in [2.75, 3.05) is 0 Å². The first-order valence-electron chi connectivity index (χ1n) is 7.36. The minimum atomic E-state index is 0. The molecule has 104 valence electrons. The monoisotopic (exact) mass is 274 g/mol. The maximum absolute atomic E-state index is 2.32. The lowest BCUT2D eigenvalue weighted by Gasteiger charge is -2.12. The minimum absolute atomic E-state index is 0. The lowest BCUT2D eigenvalue weighted by atomic mass is 9.93. The van der Waals surface area contributed by atoms with E-state index in [1.165, 1.54) is 48.4 Å². The Labute approximate surface area is 121 Å². The second kappa shape index (κ2) is 8.33. The summed E-state index contributed by atoms with van der Waals surface area (Å²) in [6.45, 7) is 4.54. The summed E-state index contributed by atoms with van der Waals surface area (Å²) < 4.78 is 0. The van der Waals surface area contributed by atoms with Crippen molar-refractivity contribution >= 4 is 20.7 Å². The second-order valence-electron chi connectivity index (χ2n) is 5.09. The summed E-state index contributed by atoms with van der Waals surface area (Å²) in [5.74, 6) is 0. The Bertz CT molecular complexity index is 502. The van der Waals surface area contributed by atoms with Crippen LogP contribution in [0.4, 0.5) is 0 Å². The zero-order valence-electron chi connectivity index (χ0n) is 12.4. The zero-order valence-corrected chi connectivity index (χ0v) is 13.8. The predicted octanol–water partition coefficient (Wildman–Crippen LogP) is 5.58. The van der Waals surface area contributed by atoms with E-state index in [1.807, 2.05) is 0 Å². The van der Waals surface area contributed by atoms with Crippen molar-refractivity contribution in [3.8, 4) is 0 Å². The average molecular weight is 274 g/mol. The van der Waals surface area contributed by atoms with Crippen LogP contribution < -0.4 is 0 Å². The molecule has 2 aromatic carbocycles. The van der Waals surface area contributed by atoms with Crippen molar-refractivity contribution in [3.05, 3.63) is 47.5 Å². The highest BCUT2D eigenvalue weighted by molar-refractivity contribution is 6.92. The molecule has 2 aromatic rings. The van der Waals surface area contributed by atoms with E-state index in [4.69, 9.17) is 0 Å². The molecule has 2 rings (SSSR count). The summed E-state index contributed by atoms with van der Waals surface area (Å²) in [5.41, 5.74) is 3.12. The minimum Gasteiger partial charge on any atom is -0.153 e. The van der Waals surface area contributed by atoms with Gasteiger partial charge >= 0.3 is 0 Å². The summed E-state index contributed by atoms with van der Waals surface area (Å²) in [6, 6.07) is 13.4. The number of fused-ring (bicyclic) bond motifs is 1. The number of aryl methyl sites for hydroxylation is 2. The molecule has 0 heterocycles. The number of unbranched alkanes of at least 4 members (excludes halogenated alkanes) is 3. The molecule has 0 spiro atoms. The van der Waals surface area contributed by atoms with Gasteiger partial charge in [0.1, 0.15) is 0 Å². The molecule has 1 atom stereocenters. The Kier molecular flexibility index (Phi) is 7.10. The molecule has 0 radical (unpaired) electrons. The van der Waals surface area contributed by atoms with Crippen LogP contribution in [0.5, 0.6) is 0 Å². The van der Waals surface area contributed by atoms with Gasteiger partial charge in [-0.05, 0) is 41.2 Å². The third kappa shape index (κ3) is 4.05. The fourth-order valence-electron chi connectivity index (χ4n) is 2.74. The van der Waals surface area contributed by atoms with Crippen molar-refractivity contribution < 1.29 is 0 Å². The van der Waals surface area contributed by atoms with Gasteiger partial charge < -0.3 is 0 Å². The van der Waals surface area contributed by atoms with Crippen LogP contribution in [-0.2, 0) is 12.8 Å². The maximum atomic E-state index is 2.32. The SMILES string of the molecule is CCCCCCc1c(CC)ccc2ccccc12.P. The van der Waals surface area contributed by atoms with Crippen LogP contribution in [0.1, 0.15) is 50.7 Å². The summed E-state index contributed by atoms with van der Waals surface area (Å²) in [6.07, 6.45) is 7.76. The third-order valence-electron chi connectivity index (χ3n) is 3.80. The molecule has 0 nitrogen and oxygen atoms in total. The van der Waals surface area contributed by atoms with Gasteiger partial charge in [-0.2, -0.15) is 9.90 Å². The normalized spacial score (nSPS) is 10.4. The van der Waals surface area contributed by atoms with Crippen molar-refractivity contribution in [2.24, 2.45) is 0 Å². The molecular weight excluding hydrogens is 247 g/mol. The summed E-state index contributed by atoms with van der Waals surface area (Å²) in [5, 5.41) is 2.86. The molecule has 19 heavy (non-hydrogen) atoms. The Hall–Kier alpha value is -0.870. The van der Waals surface area contributed by atoms with Crippen molar-refractivity contribution in [3.63, 3.8) is 0 Å². The smallest absolute Gasteiger partial charge is 0.0149 e. The lowest BCUT2D eigenvalue weighted by molar-refractivity contribution is 0.666. The molecule has 0 fully saturated rings. The van der Waals surface area contributed by atoms with E-state index in [9.17, 15) is 0 Å². The lowest BCUT2D eigenvalue weighted by Crippen LogP contribution is -1.95. The number of hydrogen-bond donors (Lipinski definition) is 0. The summed E-state index contributed by atoms with van der Waals surface area (Å²) in [4.78, 5) is 0. The first kappa shape index (κ1) is 16.2. The van der Waals surface area contributed by atoms with Crippen molar-refractivity contribution in [2.45, 2.75) is 52.4 Å². The standard InChI is InChI=1S/C18H24.H3P/c1-3-5-6-7-11-17-15(4-2)13-14-16-10-8-9-12-18(16)17;/h8-10,12-14H,3-7,11H2,1-2H3;1H3. The number of benzene rings is 2. The van der Waals surface area contributed by atoms with E-state index in [1.54, 1.807) is 5.56 Å². The molecule has 0 bridgehead atoms. The Balaban J connectivity index is 0.00000180. The fourth-order valence-corrected chi connectivity index (χ4v) is 2.74. The van der Waals surface area contributed by atoms with Crippen LogP contribution in [0.25, 0.3) is 10.8 Å². The van der Waals surface area contributed by atoms with Gasteiger partial charge in [0, 0.05) is 0 Å². The van der Waals surface area contributed by atoms with Crippen LogP contribution >= 0.6 is 9.90 Å². The summed E-state index contributed by atoms with van der Waals surface area (Å²) >= 11 is 0. The molecule has 1 unspecified atom stereocenters. The zero-order chi connectivity index (χ0) is 12.8. The first-order chi connectivity index (χ1) is 8.86. The largest absolute Gasteiger partial charge is 0.153 e. The first-order valence-corrected chi connectivity index (χ1v) is 7.36. The fraction of sp³-hybridized carbons (Fsp3) is 0.444. The van der Waals surface area contributed by atoms with Gasteiger partial charge in [0.05, 0.1) is 0 Å². The van der Waals surface area contributed by atoms with Crippen LogP contribution in [0, 0.1) is 0 Å². The molecule has 1 heteroatoms. The van der Waals surface area contributed by atoms with E-state index in [0.717, 1.165) is 6.42 Å². The van der Waals surface area contributed by atoms with E-state index >= 15 is 0 Å². The van der Waals surface area contributed by atoms with Crippen molar-refractivity contribution in [1.29, 1.82) is 0 Å². The number of hydrogen-bond acceptors (Lipinski definition) is 0. The van der Waals surface area contributed by atoms with Gasteiger partial charge in [0.2, 0.25) is 0 Å². The molecule has 0 N–H and O–H groups in total. The van der Waals surface area contributed by atoms with E-state index < -0.39 is 0 Å². The second-order valence-corrected chi connectivity index (χ2v) is 5.09. The summed E-state index contributed by atoms with van der Waals surface area (Å²) in [7, 11) is 0. The van der Waals surface area contributed by atoms with Crippen LogP contribution in [0.3, 0.4) is 0 Å². The van der Waals surface area contributed by atoms with E-state index in [0.29, 0.717) is 0 Å². The Morgan fingerprint density at radius 1 is 0.842 bits per heavy atom. The van der Waals surface area contributed by atoms with Crippen molar-refractivity contribution in [1.82, 2.24) is 0 Å². The quantitative estimate of drug-likeness (QED) is 0.476. The average Bonchev–Trinajstić information content (AvgIpc) is 2.43. The highest BCUT2D eigenvalue weighted by Crippen LogP contribution is 2.25. The molecule has 0 aliphatic rings. The van der Waals surface area contributed by atoms with Crippen LogP contribution in [0.15, 0.2) is 36.4 Å². The molecular formula is C18H27P. The molecule has 0 aliphatic carbocycles. The van der Waals surface area contributed by atoms with Gasteiger partial charge in [-0.25, -0.2) is 0 Å². The maximum Gasteiger partial charge on any atom is -0.0149 e.